The van der Waals surface area contributed by atoms with E-state index in [-0.39, 0.29) is 5.76 Å². The van der Waals surface area contributed by atoms with E-state index in [2.05, 4.69) is 18.8 Å². The number of rotatable bonds is 4. The highest BCUT2D eigenvalue weighted by atomic mass is 35.5. The lowest BCUT2D eigenvalue weighted by atomic mass is 10.2. The maximum absolute atomic E-state index is 10.3. The van der Waals surface area contributed by atoms with E-state index >= 15 is 0 Å². The zero-order chi connectivity index (χ0) is 16.6. The van der Waals surface area contributed by atoms with Crippen LogP contribution < -0.4 is 0 Å². The highest BCUT2D eigenvalue weighted by Crippen LogP contribution is 2.34. The quantitative estimate of drug-likeness (QED) is 0.844. The Balaban J connectivity index is 1.90. The second-order valence-corrected chi connectivity index (χ2v) is 7.23. The number of halogens is 1. The number of thiazole rings is 1. The fourth-order valence-corrected chi connectivity index (χ4v) is 3.76. The Morgan fingerprint density at radius 2 is 2.13 bits per heavy atom. The largest absolute Gasteiger partial charge is 0.510 e. The van der Waals surface area contributed by atoms with Gasteiger partial charge in [0.25, 0.3) is 0 Å². The number of hydrogen-bond donors (Lipinski definition) is 2. The van der Waals surface area contributed by atoms with Crippen LogP contribution in [0.5, 0.6) is 0 Å². The third-order valence-electron chi connectivity index (χ3n) is 3.64. The van der Waals surface area contributed by atoms with E-state index in [0.29, 0.717) is 33.9 Å². The second-order valence-electron chi connectivity index (χ2n) is 5.96. The third kappa shape index (κ3) is 3.12. The first kappa shape index (κ1) is 16.0. The van der Waals surface area contributed by atoms with Crippen LogP contribution in [0, 0.1) is 11.3 Å². The smallest absolute Gasteiger partial charge is 0.135 e. The highest BCUT2D eigenvalue weighted by molar-refractivity contribution is 7.11. The summed E-state index contributed by atoms with van der Waals surface area (Å²) in [5.74, 6) is 0.990. The van der Waals surface area contributed by atoms with E-state index in [1.54, 1.807) is 0 Å². The fraction of sp³-hybridized carbons (Fsp3) is 0.294. The van der Waals surface area contributed by atoms with Crippen molar-refractivity contribution in [3.8, 4) is 11.3 Å². The van der Waals surface area contributed by atoms with Crippen LogP contribution in [0.25, 0.3) is 16.8 Å². The normalized spacial score (nSPS) is 15.1. The molecule has 0 aliphatic carbocycles. The van der Waals surface area contributed by atoms with Gasteiger partial charge in [-0.2, -0.15) is 0 Å². The first-order chi connectivity index (χ1) is 11.0. The molecule has 2 aromatic rings. The van der Waals surface area contributed by atoms with Crippen LogP contribution >= 0.6 is 22.9 Å². The average Bonchev–Trinajstić information content (AvgIpc) is 3.05. The Hall–Kier alpha value is -1.85. The summed E-state index contributed by atoms with van der Waals surface area (Å²) in [5.41, 5.74) is 2.17. The van der Waals surface area contributed by atoms with Crippen molar-refractivity contribution in [1.29, 1.82) is 5.41 Å². The van der Waals surface area contributed by atoms with Gasteiger partial charge in [0.1, 0.15) is 16.6 Å². The van der Waals surface area contributed by atoms with Crippen molar-refractivity contribution in [1.82, 2.24) is 9.88 Å². The molecule has 2 heterocycles. The van der Waals surface area contributed by atoms with Gasteiger partial charge in [-0.05, 0) is 12.0 Å². The summed E-state index contributed by atoms with van der Waals surface area (Å²) < 4.78 is 0. The molecule has 1 aliphatic heterocycles. The number of aliphatic hydroxyl groups is 1. The number of aliphatic hydroxyl groups excluding tert-OH is 1. The number of amidine groups is 1. The average molecular weight is 348 g/mol. The molecular weight excluding hydrogens is 330 g/mol. The molecule has 3 rings (SSSR count). The van der Waals surface area contributed by atoms with Crippen molar-refractivity contribution >= 4 is 34.3 Å². The van der Waals surface area contributed by atoms with Crippen LogP contribution in [0.3, 0.4) is 0 Å². The van der Waals surface area contributed by atoms with Crippen LogP contribution in [0.2, 0.25) is 5.02 Å². The van der Waals surface area contributed by atoms with E-state index < -0.39 is 0 Å². The molecule has 0 spiro atoms. The summed E-state index contributed by atoms with van der Waals surface area (Å²) in [4.78, 5) is 6.47. The topological polar surface area (TPSA) is 60.2 Å². The number of benzene rings is 1. The molecule has 0 fully saturated rings. The summed E-state index contributed by atoms with van der Waals surface area (Å²) in [6.45, 7) is 5.32. The lowest BCUT2D eigenvalue weighted by Crippen LogP contribution is -2.30. The van der Waals surface area contributed by atoms with E-state index in [4.69, 9.17) is 17.0 Å². The van der Waals surface area contributed by atoms with E-state index in [1.165, 1.54) is 11.3 Å². The molecule has 0 radical (unpaired) electrons. The van der Waals surface area contributed by atoms with Gasteiger partial charge in [0.15, 0.2) is 0 Å². The maximum Gasteiger partial charge on any atom is 0.135 e. The predicted octanol–water partition coefficient (Wildman–Crippen LogP) is 4.68. The molecule has 1 aromatic heterocycles. The summed E-state index contributed by atoms with van der Waals surface area (Å²) in [7, 11) is 0. The molecule has 0 atom stereocenters. The van der Waals surface area contributed by atoms with Gasteiger partial charge in [-0.1, -0.05) is 43.6 Å². The van der Waals surface area contributed by atoms with Crippen molar-refractivity contribution in [3.63, 3.8) is 0 Å². The Bertz CT molecular complexity index is 782. The molecule has 0 bridgehead atoms. The zero-order valence-corrected chi connectivity index (χ0v) is 14.6. The lowest BCUT2D eigenvalue weighted by Gasteiger charge is -2.20. The van der Waals surface area contributed by atoms with Gasteiger partial charge in [0, 0.05) is 22.5 Å². The molecule has 23 heavy (non-hydrogen) atoms. The summed E-state index contributed by atoms with van der Waals surface area (Å²) >= 11 is 7.64. The Kier molecular flexibility index (Phi) is 4.41. The molecule has 0 unspecified atom stereocenters. The van der Waals surface area contributed by atoms with Gasteiger partial charge in [-0.15, -0.1) is 11.3 Å². The molecule has 0 saturated carbocycles. The van der Waals surface area contributed by atoms with Gasteiger partial charge in [0.05, 0.1) is 17.8 Å². The molecule has 0 amide bonds. The van der Waals surface area contributed by atoms with Crippen LogP contribution in [0.1, 0.15) is 18.9 Å². The first-order valence-corrected chi connectivity index (χ1v) is 8.70. The van der Waals surface area contributed by atoms with E-state index in [9.17, 15) is 5.11 Å². The summed E-state index contributed by atoms with van der Waals surface area (Å²) in [6, 6.07) is 7.54. The number of nitrogens with one attached hydrogen (secondary N) is 1. The number of nitrogens with zero attached hydrogens (tertiary/aromatic N) is 2. The Morgan fingerprint density at radius 3 is 2.83 bits per heavy atom. The van der Waals surface area contributed by atoms with Gasteiger partial charge >= 0.3 is 0 Å². The molecule has 1 aliphatic rings. The van der Waals surface area contributed by atoms with E-state index in [1.807, 2.05) is 34.5 Å². The van der Waals surface area contributed by atoms with Gasteiger partial charge in [-0.3, -0.25) is 5.41 Å². The maximum atomic E-state index is 10.3. The van der Waals surface area contributed by atoms with Crippen molar-refractivity contribution in [3.05, 3.63) is 45.4 Å². The fourth-order valence-electron chi connectivity index (χ4n) is 2.64. The van der Waals surface area contributed by atoms with Crippen LogP contribution in [-0.2, 0) is 0 Å². The molecule has 1 aromatic carbocycles. The summed E-state index contributed by atoms with van der Waals surface area (Å²) in [5, 5.41) is 21.8. The monoisotopic (exact) mass is 347 g/mol. The van der Waals surface area contributed by atoms with Crippen molar-refractivity contribution in [2.24, 2.45) is 5.92 Å². The number of aromatic nitrogens is 1. The highest BCUT2D eigenvalue weighted by Gasteiger charge is 2.30. The van der Waals surface area contributed by atoms with Gasteiger partial charge < -0.3 is 10.0 Å². The molecule has 6 heteroatoms. The van der Waals surface area contributed by atoms with Gasteiger partial charge in [-0.25, -0.2) is 4.98 Å². The standard InChI is InChI=1S/C17H18ClN3OS/c1-10(2)7-21-8-14(22)15(16(21)19)17-20-13(9-23-17)11-5-3-4-6-12(11)18/h3-6,9-10,19,22H,7-8H2,1-2H3. The minimum atomic E-state index is 0.218. The number of hydrogen-bond acceptors (Lipinski definition) is 4. The summed E-state index contributed by atoms with van der Waals surface area (Å²) in [6.07, 6.45) is 0. The van der Waals surface area contributed by atoms with Crippen molar-refractivity contribution in [2.45, 2.75) is 13.8 Å². The van der Waals surface area contributed by atoms with Crippen molar-refractivity contribution < 1.29 is 5.11 Å². The van der Waals surface area contributed by atoms with Crippen LogP contribution in [-0.4, -0.2) is 33.9 Å². The second kappa shape index (κ2) is 6.34. The Labute approximate surface area is 144 Å². The SMILES string of the molecule is CC(C)CN1CC(O)=C(c2nc(-c3ccccc3Cl)cs2)C1=N. The molecule has 120 valence electrons. The van der Waals surface area contributed by atoms with Gasteiger partial charge in [0.2, 0.25) is 0 Å². The lowest BCUT2D eigenvalue weighted by molar-refractivity contribution is 0.329. The third-order valence-corrected chi connectivity index (χ3v) is 4.83. The van der Waals surface area contributed by atoms with Crippen LogP contribution in [0.4, 0.5) is 0 Å². The van der Waals surface area contributed by atoms with Crippen LogP contribution in [0.15, 0.2) is 35.4 Å². The predicted molar refractivity (Wildman–Crippen MR) is 96.2 cm³/mol. The molecule has 0 saturated heterocycles. The molecule has 2 N–H and O–H groups in total. The molecular formula is C17H18ClN3OS. The van der Waals surface area contributed by atoms with Crippen molar-refractivity contribution in [2.75, 3.05) is 13.1 Å². The Morgan fingerprint density at radius 1 is 1.39 bits per heavy atom. The molecule has 4 nitrogen and oxygen atoms in total. The van der Waals surface area contributed by atoms with E-state index in [0.717, 1.165) is 17.8 Å². The first-order valence-electron chi connectivity index (χ1n) is 7.44. The minimum absolute atomic E-state index is 0.218. The zero-order valence-electron chi connectivity index (χ0n) is 13.0. The minimum Gasteiger partial charge on any atom is -0.510 e.